The molecule has 0 spiro atoms. The summed E-state index contributed by atoms with van der Waals surface area (Å²) in [7, 11) is -1.64. The molecule has 3 aromatic rings. The van der Waals surface area contributed by atoms with Crippen LogP contribution in [0, 0.1) is 11.7 Å². The van der Waals surface area contributed by atoms with Gasteiger partial charge in [0.15, 0.2) is 0 Å². The highest BCUT2D eigenvalue weighted by Crippen LogP contribution is 2.40. The third-order valence-electron chi connectivity index (χ3n) is 5.09. The second kappa shape index (κ2) is 12.0. The number of hydrogen-bond acceptors (Lipinski definition) is 9. The molecule has 0 saturated heterocycles. The van der Waals surface area contributed by atoms with Crippen LogP contribution in [0.2, 0.25) is 0 Å². The van der Waals surface area contributed by atoms with Crippen molar-refractivity contribution in [2.75, 3.05) is 37.7 Å². The topological polar surface area (TPSA) is 127 Å². The van der Waals surface area contributed by atoms with Gasteiger partial charge in [-0.3, -0.25) is 14.6 Å². The number of carbonyl (C=O) groups excluding carboxylic acids is 1. The minimum absolute atomic E-state index is 0.0177. The lowest BCUT2D eigenvalue weighted by Crippen LogP contribution is -2.26. The van der Waals surface area contributed by atoms with Gasteiger partial charge in [-0.1, -0.05) is 13.8 Å². The van der Waals surface area contributed by atoms with Crippen molar-refractivity contribution in [1.82, 2.24) is 20.4 Å². The number of benzene rings is 1. The van der Waals surface area contributed by atoms with Crippen molar-refractivity contribution in [2.24, 2.45) is 5.92 Å². The summed E-state index contributed by atoms with van der Waals surface area (Å²) in [5.41, 5.74) is 0.564. The number of anilines is 4. The molecular weight excluding hydrogens is 543 g/mol. The molecule has 39 heavy (non-hydrogen) atoms. The molecule has 2 heterocycles. The Balaban J connectivity index is 1.97. The predicted molar refractivity (Wildman–Crippen MR) is 138 cm³/mol. The molecule has 10 nitrogen and oxygen atoms in total. The largest absolute Gasteiger partial charge is 0.495 e. The number of halogens is 4. The number of aromatic nitrogens is 3. The molecule has 0 bridgehead atoms. The Labute approximate surface area is 221 Å². The zero-order chi connectivity index (χ0) is 29.0. The summed E-state index contributed by atoms with van der Waals surface area (Å²) in [6, 6.07) is 3.45. The van der Waals surface area contributed by atoms with E-state index in [-0.39, 0.29) is 46.5 Å². The zero-order valence-corrected chi connectivity index (χ0v) is 22.6. The molecule has 15 heteroatoms. The molecule has 0 aliphatic rings. The quantitative estimate of drug-likeness (QED) is 0.174. The fourth-order valence-corrected chi connectivity index (χ4v) is 4.39. The number of nitrogens with one attached hydrogen (secondary N) is 3. The van der Waals surface area contributed by atoms with E-state index in [0.717, 1.165) is 12.1 Å². The average Bonchev–Trinajstić information content (AvgIpc) is 2.83. The lowest BCUT2D eigenvalue weighted by molar-refractivity contribution is -0.137. The minimum Gasteiger partial charge on any atom is -0.495 e. The lowest BCUT2D eigenvalue weighted by Gasteiger charge is -2.18. The Kier molecular flexibility index (Phi) is 9.13. The van der Waals surface area contributed by atoms with Crippen LogP contribution in [0.3, 0.4) is 0 Å². The fourth-order valence-electron chi connectivity index (χ4n) is 3.27. The maximum Gasteiger partial charge on any atom is 0.421 e. The summed E-state index contributed by atoms with van der Waals surface area (Å²) in [4.78, 5) is 28.9. The maximum atomic E-state index is 14.8. The summed E-state index contributed by atoms with van der Waals surface area (Å²) in [5.74, 6) is -2.71. The number of methoxy groups -OCH3 is 1. The smallest absolute Gasteiger partial charge is 0.421 e. The van der Waals surface area contributed by atoms with E-state index >= 15 is 0 Å². The standard InChI is InChI=1S/C24H27F4N6O4P/c1-13(2)12-38-34-22(35)14-8-19(37-3)17(9-16(14)25)32-23-30-10-15(24(26,27)28)21(33-23)31-18-11-29-7-6-20(18)39(4,5)36/h6-11,13H,12H2,1-5H3,(H,34,35)(H2,30,31,32,33). The first-order valence-corrected chi connectivity index (χ1v) is 14.1. The number of alkyl halides is 3. The molecule has 3 N–H and O–H groups in total. The summed E-state index contributed by atoms with van der Waals surface area (Å²) in [6.45, 7) is 6.86. The minimum atomic E-state index is -4.83. The highest BCUT2D eigenvalue weighted by Gasteiger charge is 2.36. The molecule has 0 fully saturated rings. The number of amides is 1. The Bertz CT molecular complexity index is 1400. The van der Waals surface area contributed by atoms with Crippen LogP contribution in [0.4, 0.5) is 40.7 Å². The average molecular weight is 570 g/mol. The van der Waals surface area contributed by atoms with Gasteiger partial charge in [-0.2, -0.15) is 18.2 Å². The number of pyridine rings is 1. The number of hydroxylamine groups is 1. The Hall–Kier alpha value is -3.77. The SMILES string of the molecule is COc1cc(C(=O)NOCC(C)C)c(F)cc1Nc1ncc(C(F)(F)F)c(Nc2cnccc2P(C)(C)=O)n1. The summed E-state index contributed by atoms with van der Waals surface area (Å²) in [6.07, 6.45) is -1.68. The molecule has 2 aromatic heterocycles. The van der Waals surface area contributed by atoms with Crippen LogP contribution in [-0.4, -0.2) is 47.9 Å². The van der Waals surface area contributed by atoms with Gasteiger partial charge < -0.3 is 19.9 Å². The van der Waals surface area contributed by atoms with E-state index in [2.05, 4.69) is 31.1 Å². The van der Waals surface area contributed by atoms with Crippen LogP contribution in [0.15, 0.2) is 36.8 Å². The van der Waals surface area contributed by atoms with Crippen molar-refractivity contribution in [3.63, 3.8) is 0 Å². The van der Waals surface area contributed by atoms with Crippen LogP contribution in [0.5, 0.6) is 5.75 Å². The van der Waals surface area contributed by atoms with Gasteiger partial charge in [-0.25, -0.2) is 14.9 Å². The molecule has 0 unspecified atom stereocenters. The molecule has 0 radical (unpaired) electrons. The molecule has 0 aliphatic heterocycles. The number of ether oxygens (including phenoxy) is 1. The molecule has 1 aromatic carbocycles. The number of carbonyl (C=O) groups is 1. The van der Waals surface area contributed by atoms with E-state index in [1.165, 1.54) is 38.9 Å². The monoisotopic (exact) mass is 570 g/mol. The van der Waals surface area contributed by atoms with Gasteiger partial charge >= 0.3 is 6.18 Å². The Morgan fingerprint density at radius 1 is 1.13 bits per heavy atom. The maximum absolute atomic E-state index is 14.8. The first-order chi connectivity index (χ1) is 18.2. The van der Waals surface area contributed by atoms with Crippen molar-refractivity contribution in [2.45, 2.75) is 20.0 Å². The lowest BCUT2D eigenvalue weighted by atomic mass is 10.1. The molecule has 3 rings (SSSR count). The molecule has 210 valence electrons. The van der Waals surface area contributed by atoms with Crippen molar-refractivity contribution in [3.05, 3.63) is 53.7 Å². The van der Waals surface area contributed by atoms with E-state index in [9.17, 15) is 26.9 Å². The van der Waals surface area contributed by atoms with Gasteiger partial charge in [0.25, 0.3) is 5.91 Å². The van der Waals surface area contributed by atoms with Crippen molar-refractivity contribution in [3.8, 4) is 5.75 Å². The fraction of sp³-hybridized carbons (Fsp3) is 0.333. The second-order valence-electron chi connectivity index (χ2n) is 9.12. The van der Waals surface area contributed by atoms with Gasteiger partial charge in [0.05, 0.1) is 36.9 Å². The van der Waals surface area contributed by atoms with E-state index in [0.29, 0.717) is 6.20 Å². The van der Waals surface area contributed by atoms with E-state index in [1.54, 1.807) is 0 Å². The molecule has 0 saturated carbocycles. The van der Waals surface area contributed by atoms with E-state index in [4.69, 9.17) is 9.57 Å². The molecule has 0 atom stereocenters. The first kappa shape index (κ1) is 29.8. The third-order valence-corrected chi connectivity index (χ3v) is 6.64. The van der Waals surface area contributed by atoms with Crippen LogP contribution < -0.4 is 26.2 Å². The summed E-state index contributed by atoms with van der Waals surface area (Å²) in [5, 5.41) is 5.44. The predicted octanol–water partition coefficient (Wildman–Crippen LogP) is 5.09. The van der Waals surface area contributed by atoms with E-state index < -0.39 is 36.4 Å². The Morgan fingerprint density at radius 3 is 2.46 bits per heavy atom. The zero-order valence-electron chi connectivity index (χ0n) is 21.7. The molecule has 0 aliphatic carbocycles. The van der Waals surface area contributed by atoms with Crippen LogP contribution in [-0.2, 0) is 15.6 Å². The highest BCUT2D eigenvalue weighted by molar-refractivity contribution is 7.70. The van der Waals surface area contributed by atoms with E-state index in [1.807, 2.05) is 13.8 Å². The number of rotatable bonds is 10. The van der Waals surface area contributed by atoms with Crippen LogP contribution >= 0.6 is 7.14 Å². The highest BCUT2D eigenvalue weighted by atomic mass is 31.2. The van der Waals surface area contributed by atoms with Crippen molar-refractivity contribution in [1.29, 1.82) is 0 Å². The second-order valence-corrected chi connectivity index (χ2v) is 12.3. The molecular formula is C24H27F4N6O4P. The summed E-state index contributed by atoms with van der Waals surface area (Å²) < 4.78 is 73.9. The van der Waals surface area contributed by atoms with Gasteiger partial charge in [-0.05, 0) is 31.4 Å². The summed E-state index contributed by atoms with van der Waals surface area (Å²) >= 11 is 0. The number of nitrogens with zero attached hydrogens (tertiary/aromatic N) is 3. The molecule has 1 amide bonds. The van der Waals surface area contributed by atoms with Crippen LogP contribution in [0.25, 0.3) is 0 Å². The van der Waals surface area contributed by atoms with Gasteiger partial charge in [0.2, 0.25) is 5.95 Å². The van der Waals surface area contributed by atoms with Gasteiger partial charge in [-0.15, -0.1) is 0 Å². The normalized spacial score (nSPS) is 11.8. The van der Waals surface area contributed by atoms with Gasteiger partial charge in [0.1, 0.15) is 30.1 Å². The number of hydrogen-bond donors (Lipinski definition) is 3. The van der Waals surface area contributed by atoms with Gasteiger partial charge in [0, 0.05) is 23.8 Å². The Morgan fingerprint density at radius 2 is 1.85 bits per heavy atom. The first-order valence-electron chi connectivity index (χ1n) is 11.5. The van der Waals surface area contributed by atoms with Crippen molar-refractivity contribution >= 4 is 41.5 Å². The van der Waals surface area contributed by atoms with Crippen molar-refractivity contribution < 1.29 is 36.5 Å². The van der Waals surface area contributed by atoms with Crippen LogP contribution in [0.1, 0.15) is 29.8 Å². The third kappa shape index (κ3) is 7.64.